The Kier molecular flexibility index (Phi) is 2.36. The van der Waals surface area contributed by atoms with Crippen LogP contribution in [0.3, 0.4) is 0 Å². The molecule has 1 spiro atoms. The fourth-order valence-corrected chi connectivity index (χ4v) is 6.68. The monoisotopic (exact) mass is 371 g/mol. The number of ether oxygens (including phenoxy) is 1. The molecular formula is C18H18BrN3O. The molecule has 4 saturated carbocycles. The molecular weight excluding hydrogens is 354 g/mol. The van der Waals surface area contributed by atoms with Gasteiger partial charge in [0.25, 0.3) is 0 Å². The molecule has 4 nitrogen and oxygen atoms in total. The maximum Gasteiger partial charge on any atom is 0.322 e. The molecule has 0 unspecified atom stereocenters. The highest BCUT2D eigenvalue weighted by molar-refractivity contribution is 9.10. The Labute approximate surface area is 143 Å². The van der Waals surface area contributed by atoms with Crippen LogP contribution in [0.15, 0.2) is 29.0 Å². The molecule has 0 amide bonds. The van der Waals surface area contributed by atoms with Gasteiger partial charge in [-0.25, -0.2) is 4.68 Å². The fourth-order valence-electron chi connectivity index (χ4n) is 6.37. The van der Waals surface area contributed by atoms with Crippen molar-refractivity contribution in [2.24, 2.45) is 23.7 Å². The van der Waals surface area contributed by atoms with E-state index in [9.17, 15) is 0 Å². The predicted molar refractivity (Wildman–Crippen MR) is 88.4 cm³/mol. The Bertz CT molecular complexity index is 786. The maximum absolute atomic E-state index is 6.09. The first-order valence-corrected chi connectivity index (χ1v) is 9.45. The van der Waals surface area contributed by atoms with Crippen molar-refractivity contribution in [3.63, 3.8) is 0 Å². The summed E-state index contributed by atoms with van der Waals surface area (Å²) in [5, 5.41) is 4.75. The van der Waals surface area contributed by atoms with Gasteiger partial charge in [0, 0.05) is 5.56 Å². The summed E-state index contributed by atoms with van der Waals surface area (Å²) in [6, 6.07) is 9.21. The molecule has 4 fully saturated rings. The minimum absolute atomic E-state index is 0.0450. The van der Waals surface area contributed by atoms with Gasteiger partial charge in [-0.3, -0.25) is 0 Å². The van der Waals surface area contributed by atoms with Gasteiger partial charge >= 0.3 is 6.01 Å². The third-order valence-electron chi connectivity index (χ3n) is 6.80. The van der Waals surface area contributed by atoms with Gasteiger partial charge in [0.2, 0.25) is 4.73 Å². The Morgan fingerprint density at radius 1 is 1.04 bits per heavy atom. The van der Waals surface area contributed by atoms with Crippen molar-refractivity contribution in [2.45, 2.75) is 37.6 Å². The molecule has 7 rings (SSSR count). The van der Waals surface area contributed by atoms with E-state index in [4.69, 9.17) is 9.84 Å². The number of halogens is 1. The van der Waals surface area contributed by atoms with Crippen LogP contribution in [-0.2, 0) is 5.54 Å². The molecule has 4 aliphatic carbocycles. The number of benzene rings is 1. The smallest absolute Gasteiger partial charge is 0.322 e. The molecule has 1 aromatic carbocycles. The van der Waals surface area contributed by atoms with Gasteiger partial charge in [-0.15, -0.1) is 5.10 Å². The molecule has 1 aromatic heterocycles. The van der Waals surface area contributed by atoms with Gasteiger partial charge in [0.15, 0.2) is 0 Å². The fraction of sp³-hybridized carbons (Fsp3) is 0.556. The quantitative estimate of drug-likeness (QED) is 0.691. The van der Waals surface area contributed by atoms with Gasteiger partial charge in [0.05, 0.1) is 0 Å². The topological polar surface area (TPSA) is 39.9 Å². The van der Waals surface area contributed by atoms with Crippen LogP contribution < -0.4 is 4.74 Å². The van der Waals surface area contributed by atoms with Crippen molar-refractivity contribution < 1.29 is 4.74 Å². The van der Waals surface area contributed by atoms with Crippen LogP contribution >= 0.6 is 15.9 Å². The highest BCUT2D eigenvalue weighted by atomic mass is 79.9. The number of fused-ring (bicyclic) bond motifs is 2. The van der Waals surface area contributed by atoms with Crippen molar-refractivity contribution in [1.29, 1.82) is 0 Å². The Hall–Kier alpha value is -1.36. The number of aromatic nitrogens is 3. The number of rotatable bonds is 0. The van der Waals surface area contributed by atoms with E-state index in [2.05, 4.69) is 49.9 Å². The molecule has 5 aliphatic rings. The van der Waals surface area contributed by atoms with E-state index in [0.717, 1.165) is 17.6 Å². The summed E-state index contributed by atoms with van der Waals surface area (Å²) in [4.78, 5) is 4.50. The number of hydrogen-bond donors (Lipinski definition) is 0. The first-order valence-electron chi connectivity index (χ1n) is 8.65. The lowest BCUT2D eigenvalue weighted by Gasteiger charge is -2.61. The third-order valence-corrected chi connectivity index (χ3v) is 7.14. The first kappa shape index (κ1) is 13.0. The van der Waals surface area contributed by atoms with Crippen molar-refractivity contribution in [3.05, 3.63) is 34.6 Å². The highest BCUT2D eigenvalue weighted by Crippen LogP contribution is 2.65. The largest absolute Gasteiger partial charge is 0.424 e. The summed E-state index contributed by atoms with van der Waals surface area (Å²) < 4.78 is 8.85. The average Bonchev–Trinajstić information content (AvgIpc) is 2.90. The van der Waals surface area contributed by atoms with Crippen molar-refractivity contribution in [1.82, 2.24) is 14.8 Å². The van der Waals surface area contributed by atoms with E-state index in [1.165, 1.54) is 37.7 Å². The normalized spacial score (nSPS) is 39.2. The Balaban J connectivity index is 1.67. The Morgan fingerprint density at radius 2 is 1.74 bits per heavy atom. The number of nitrogens with zero attached hydrogens (tertiary/aromatic N) is 3. The summed E-state index contributed by atoms with van der Waals surface area (Å²) >= 11 is 3.46. The predicted octanol–water partition coefficient (Wildman–Crippen LogP) is 4.35. The van der Waals surface area contributed by atoms with Gasteiger partial charge in [-0.05, 0) is 77.8 Å². The lowest BCUT2D eigenvalue weighted by atomic mass is 9.47. The molecule has 0 N–H and O–H groups in total. The van der Waals surface area contributed by atoms with E-state index < -0.39 is 0 Å². The lowest BCUT2D eigenvalue weighted by molar-refractivity contribution is -0.0884. The summed E-state index contributed by atoms with van der Waals surface area (Å²) in [6.45, 7) is 0. The molecule has 118 valence electrons. The second-order valence-corrected chi connectivity index (χ2v) is 8.51. The molecule has 2 aromatic rings. The van der Waals surface area contributed by atoms with Gasteiger partial charge in [0.1, 0.15) is 11.3 Å². The molecule has 23 heavy (non-hydrogen) atoms. The van der Waals surface area contributed by atoms with Gasteiger partial charge < -0.3 is 4.74 Å². The summed E-state index contributed by atoms with van der Waals surface area (Å²) in [7, 11) is 0. The standard InChI is InChI=1S/C18H18BrN3O/c19-16-20-17-22(21-16)18(14-3-1-2-4-15(14)23-17)12-6-10-5-11(8-12)9-13(18)7-10/h1-4,10-13H,5-9H2. The number of hydrogen-bond acceptors (Lipinski definition) is 3. The zero-order valence-corrected chi connectivity index (χ0v) is 14.4. The zero-order valence-electron chi connectivity index (χ0n) is 12.8. The molecule has 0 radical (unpaired) electrons. The number of para-hydroxylation sites is 1. The minimum atomic E-state index is -0.0450. The van der Waals surface area contributed by atoms with E-state index >= 15 is 0 Å². The van der Waals surface area contributed by atoms with Crippen molar-refractivity contribution in [2.75, 3.05) is 0 Å². The Morgan fingerprint density at radius 3 is 2.48 bits per heavy atom. The lowest BCUT2D eigenvalue weighted by Crippen LogP contribution is -2.60. The maximum atomic E-state index is 6.09. The molecule has 4 bridgehead atoms. The second kappa shape index (κ2) is 4.18. The van der Waals surface area contributed by atoms with Crippen LogP contribution in [0, 0.1) is 23.7 Å². The van der Waals surface area contributed by atoms with Crippen molar-refractivity contribution in [3.8, 4) is 11.8 Å². The first-order chi connectivity index (χ1) is 11.2. The third kappa shape index (κ3) is 1.48. The molecule has 1 aliphatic heterocycles. The molecule has 0 atom stereocenters. The van der Waals surface area contributed by atoms with Gasteiger partial charge in [-0.2, -0.15) is 4.98 Å². The van der Waals surface area contributed by atoms with Crippen LogP contribution in [-0.4, -0.2) is 14.8 Å². The summed E-state index contributed by atoms with van der Waals surface area (Å²) in [5.41, 5.74) is 1.29. The van der Waals surface area contributed by atoms with Crippen LogP contribution in [0.5, 0.6) is 11.8 Å². The van der Waals surface area contributed by atoms with E-state index in [1.54, 1.807) is 0 Å². The molecule has 0 saturated heterocycles. The molecule has 5 heteroatoms. The SMILES string of the molecule is Brc1nc2n(n1)C1(c3ccccc3O2)C2CC3CC(C2)CC1C3. The van der Waals surface area contributed by atoms with Crippen LogP contribution in [0.25, 0.3) is 0 Å². The zero-order chi connectivity index (χ0) is 15.2. The second-order valence-electron chi connectivity index (χ2n) is 7.80. The summed E-state index contributed by atoms with van der Waals surface area (Å²) in [6.07, 6.45) is 6.78. The van der Waals surface area contributed by atoms with Gasteiger partial charge in [-0.1, -0.05) is 18.2 Å². The van der Waals surface area contributed by atoms with Crippen LogP contribution in [0.1, 0.15) is 37.7 Å². The van der Waals surface area contributed by atoms with E-state index in [0.29, 0.717) is 22.6 Å². The van der Waals surface area contributed by atoms with E-state index in [-0.39, 0.29) is 5.54 Å². The van der Waals surface area contributed by atoms with Crippen molar-refractivity contribution >= 4 is 15.9 Å². The molecule has 2 heterocycles. The van der Waals surface area contributed by atoms with E-state index in [1.807, 2.05) is 0 Å². The average molecular weight is 372 g/mol. The van der Waals surface area contributed by atoms with Crippen LogP contribution in [0.4, 0.5) is 0 Å². The summed E-state index contributed by atoms with van der Waals surface area (Å²) in [5.74, 6) is 4.15. The highest BCUT2D eigenvalue weighted by Gasteiger charge is 2.62. The minimum Gasteiger partial charge on any atom is -0.424 e. The van der Waals surface area contributed by atoms with Crippen LogP contribution in [0.2, 0.25) is 0 Å².